The van der Waals surface area contributed by atoms with Crippen LogP contribution in [0.5, 0.6) is 0 Å². The second kappa shape index (κ2) is 15.5. The predicted octanol–water partition coefficient (Wildman–Crippen LogP) is 2.68. The molecule has 12 nitrogen and oxygen atoms in total. The minimum Gasteiger partial charge on any atom is -0.480 e. The number of alkyl carbamates (subject to hydrolysis) is 1. The number of Topliss-reactive ketones (excluding diaryl/α,β-unsaturated/α-hetero) is 1. The summed E-state index contributed by atoms with van der Waals surface area (Å²) >= 11 is 0. The van der Waals surface area contributed by atoms with Gasteiger partial charge < -0.3 is 30.7 Å². The van der Waals surface area contributed by atoms with Gasteiger partial charge in [0.1, 0.15) is 18.1 Å². The molecule has 1 saturated heterocycles. The second-order valence-electron chi connectivity index (χ2n) is 12.6. The van der Waals surface area contributed by atoms with E-state index in [0.29, 0.717) is 12.0 Å². The number of ether oxygens (including phenoxy) is 1. The lowest BCUT2D eigenvalue weighted by molar-refractivity contribution is -0.146. The number of carbonyl (C=O) groups excluding carboxylic acids is 5. The maximum atomic E-state index is 14.9. The molecule has 0 radical (unpaired) electrons. The van der Waals surface area contributed by atoms with Gasteiger partial charge >= 0.3 is 12.1 Å². The number of fused-ring (bicyclic) bond motifs is 1. The molecular formula is C32H44F2N4O8. The van der Waals surface area contributed by atoms with Crippen molar-refractivity contribution in [1.29, 1.82) is 0 Å². The SMILES string of the molecule is CCCC(NC(=O)C1[C@H]2CCC(F)(F)[C@H]2CN1C(=O)[C@@H](NC(=O)OC(C)C)C(C)C)C(=O)C(=O)N[C@H](Cc1ccccc1)C(=O)O. The van der Waals surface area contributed by atoms with E-state index in [1.165, 1.54) is 0 Å². The summed E-state index contributed by atoms with van der Waals surface area (Å²) in [6, 6.07) is 3.08. The number of amides is 4. The number of hydrogen-bond acceptors (Lipinski definition) is 7. The maximum absolute atomic E-state index is 14.9. The number of nitrogens with one attached hydrogen (secondary N) is 3. The van der Waals surface area contributed by atoms with Gasteiger partial charge in [0, 0.05) is 25.3 Å². The van der Waals surface area contributed by atoms with E-state index in [1.807, 2.05) is 0 Å². The fraction of sp³-hybridized carbons (Fsp3) is 0.625. The highest BCUT2D eigenvalue weighted by Gasteiger charge is 2.61. The van der Waals surface area contributed by atoms with Crippen LogP contribution in [0.2, 0.25) is 0 Å². The van der Waals surface area contributed by atoms with Crippen LogP contribution < -0.4 is 16.0 Å². The van der Waals surface area contributed by atoms with Crippen molar-refractivity contribution >= 4 is 35.6 Å². The normalized spacial score (nSPS) is 22.0. The van der Waals surface area contributed by atoms with Crippen molar-refractivity contribution in [2.45, 2.75) is 103 Å². The molecule has 1 aromatic rings. The van der Waals surface area contributed by atoms with Crippen molar-refractivity contribution in [3.8, 4) is 0 Å². The van der Waals surface area contributed by atoms with Gasteiger partial charge in [-0.15, -0.1) is 0 Å². The van der Waals surface area contributed by atoms with Crippen LogP contribution in [0.1, 0.15) is 65.9 Å². The van der Waals surface area contributed by atoms with Gasteiger partial charge in [-0.1, -0.05) is 57.5 Å². The molecule has 4 N–H and O–H groups in total. The molecule has 0 bridgehead atoms. The summed E-state index contributed by atoms with van der Waals surface area (Å²) < 4.78 is 35.0. The van der Waals surface area contributed by atoms with Crippen LogP contribution in [0.4, 0.5) is 13.6 Å². The van der Waals surface area contributed by atoms with Gasteiger partial charge in [0.2, 0.25) is 17.6 Å². The number of alkyl halides is 2. The highest BCUT2D eigenvalue weighted by atomic mass is 19.3. The molecule has 2 fully saturated rings. The molecule has 1 aromatic carbocycles. The topological polar surface area (TPSA) is 171 Å². The number of hydrogen-bond donors (Lipinski definition) is 4. The molecule has 0 spiro atoms. The summed E-state index contributed by atoms with van der Waals surface area (Å²) in [5.41, 5.74) is 0.613. The fourth-order valence-electron chi connectivity index (χ4n) is 6.14. The van der Waals surface area contributed by atoms with Crippen LogP contribution in [-0.2, 0) is 35.1 Å². The fourth-order valence-corrected chi connectivity index (χ4v) is 6.14. The zero-order valence-corrected chi connectivity index (χ0v) is 26.8. The van der Waals surface area contributed by atoms with Crippen LogP contribution in [0.15, 0.2) is 30.3 Å². The van der Waals surface area contributed by atoms with Crippen LogP contribution in [0.3, 0.4) is 0 Å². The van der Waals surface area contributed by atoms with Crippen molar-refractivity contribution in [3.63, 3.8) is 0 Å². The third-order valence-electron chi connectivity index (χ3n) is 8.43. The molecule has 1 saturated carbocycles. The van der Waals surface area contributed by atoms with E-state index in [9.17, 15) is 42.7 Å². The predicted molar refractivity (Wildman–Crippen MR) is 162 cm³/mol. The first kappa shape index (κ1) is 36.4. The first-order valence-electron chi connectivity index (χ1n) is 15.6. The number of nitrogens with zero attached hydrogens (tertiary/aromatic N) is 1. The molecule has 1 heterocycles. The first-order valence-corrected chi connectivity index (χ1v) is 15.6. The number of benzene rings is 1. The Labute approximate surface area is 267 Å². The number of carboxylic acid groups (broad SMARTS) is 1. The van der Waals surface area contributed by atoms with Gasteiger partial charge in [-0.05, 0) is 44.1 Å². The molecule has 4 amide bonds. The molecular weight excluding hydrogens is 606 g/mol. The van der Waals surface area contributed by atoms with Gasteiger partial charge in [-0.2, -0.15) is 0 Å². The summed E-state index contributed by atoms with van der Waals surface area (Å²) in [4.78, 5) is 79.1. The quantitative estimate of drug-likeness (QED) is 0.223. The van der Waals surface area contributed by atoms with Crippen LogP contribution in [0.25, 0.3) is 0 Å². The standard InChI is InChI=1S/C32H44F2N4O8/c1-6-10-22(26(39)28(41)36-23(30(43)44)15-19-11-8-7-9-12-19)35-27(40)25-20-13-14-32(33,34)21(20)16-38(25)29(42)24(17(2)3)37-31(45)46-18(4)5/h7-9,11-12,17-18,20-25H,6,10,13-16H2,1-5H3,(H,35,40)(H,36,41)(H,37,45)(H,43,44)/t20-,21-,22?,23+,24-,25?/m0/s1. The Hall–Kier alpha value is -4.10. The smallest absolute Gasteiger partial charge is 0.408 e. The van der Waals surface area contributed by atoms with E-state index in [4.69, 9.17) is 4.74 Å². The highest BCUT2D eigenvalue weighted by Crippen LogP contribution is 2.51. The van der Waals surface area contributed by atoms with Gasteiger partial charge in [0.05, 0.1) is 12.1 Å². The molecule has 46 heavy (non-hydrogen) atoms. The second-order valence-corrected chi connectivity index (χ2v) is 12.6. The van der Waals surface area contributed by atoms with Crippen molar-refractivity contribution < 1.29 is 47.4 Å². The van der Waals surface area contributed by atoms with E-state index in [0.717, 1.165) is 4.90 Å². The number of carboxylic acids is 1. The van der Waals surface area contributed by atoms with Gasteiger partial charge in [-0.25, -0.2) is 18.4 Å². The minimum atomic E-state index is -3.14. The lowest BCUT2D eigenvalue weighted by Gasteiger charge is -2.33. The van der Waals surface area contributed by atoms with Gasteiger partial charge in [0.15, 0.2) is 0 Å². The van der Waals surface area contributed by atoms with Crippen molar-refractivity contribution in [2.24, 2.45) is 17.8 Å². The first-order chi connectivity index (χ1) is 21.6. The highest BCUT2D eigenvalue weighted by molar-refractivity contribution is 6.38. The van der Waals surface area contributed by atoms with E-state index < -0.39 is 102 Å². The number of carbonyl (C=O) groups is 6. The Kier molecular flexibility index (Phi) is 12.2. The maximum Gasteiger partial charge on any atom is 0.408 e. The van der Waals surface area contributed by atoms with Crippen LogP contribution in [-0.4, -0.2) is 88.3 Å². The summed E-state index contributed by atoms with van der Waals surface area (Å²) in [7, 11) is 0. The lowest BCUT2D eigenvalue weighted by Crippen LogP contribution is -2.59. The van der Waals surface area contributed by atoms with Crippen molar-refractivity contribution in [1.82, 2.24) is 20.9 Å². The molecule has 2 aliphatic rings. The molecule has 1 aliphatic heterocycles. The summed E-state index contributed by atoms with van der Waals surface area (Å²) in [5.74, 6) is -11.2. The van der Waals surface area contributed by atoms with E-state index in [1.54, 1.807) is 65.0 Å². The zero-order valence-electron chi connectivity index (χ0n) is 26.8. The summed E-state index contributed by atoms with van der Waals surface area (Å²) in [6.07, 6.45) is -1.65. The lowest BCUT2D eigenvalue weighted by atomic mass is 9.91. The number of halogens is 2. The van der Waals surface area contributed by atoms with Gasteiger partial charge in [0.25, 0.3) is 11.8 Å². The van der Waals surface area contributed by atoms with Crippen LogP contribution in [0, 0.1) is 17.8 Å². The largest absolute Gasteiger partial charge is 0.480 e. The van der Waals surface area contributed by atoms with Gasteiger partial charge in [-0.3, -0.25) is 19.2 Å². The molecule has 2 unspecified atom stereocenters. The Morgan fingerprint density at radius 1 is 1.00 bits per heavy atom. The number of rotatable bonds is 14. The molecule has 14 heteroatoms. The molecule has 0 aromatic heterocycles. The van der Waals surface area contributed by atoms with Crippen molar-refractivity contribution in [3.05, 3.63) is 35.9 Å². The van der Waals surface area contributed by atoms with E-state index in [-0.39, 0.29) is 19.3 Å². The number of aliphatic carboxylic acids is 1. The molecule has 254 valence electrons. The molecule has 3 rings (SSSR count). The molecule has 6 atom stereocenters. The minimum absolute atomic E-state index is 0.00342. The molecule has 1 aliphatic carbocycles. The number of ketones is 1. The third-order valence-corrected chi connectivity index (χ3v) is 8.43. The van der Waals surface area contributed by atoms with Crippen molar-refractivity contribution in [2.75, 3.05) is 6.54 Å². The Balaban J connectivity index is 1.83. The van der Waals surface area contributed by atoms with E-state index in [2.05, 4.69) is 16.0 Å². The number of likely N-dealkylation sites (tertiary alicyclic amines) is 1. The zero-order chi connectivity index (χ0) is 34.3. The Morgan fingerprint density at radius 2 is 1.65 bits per heavy atom. The summed E-state index contributed by atoms with van der Waals surface area (Å²) in [6.45, 7) is 7.80. The Bertz CT molecular complexity index is 1290. The third kappa shape index (κ3) is 8.79. The Morgan fingerprint density at radius 3 is 2.22 bits per heavy atom. The average molecular weight is 651 g/mol. The summed E-state index contributed by atoms with van der Waals surface area (Å²) in [5, 5.41) is 16.9. The van der Waals surface area contributed by atoms with E-state index >= 15 is 0 Å². The monoisotopic (exact) mass is 650 g/mol. The van der Waals surface area contributed by atoms with Crippen LogP contribution >= 0.6 is 0 Å². The average Bonchev–Trinajstić information content (AvgIpc) is 3.51.